The van der Waals surface area contributed by atoms with Crippen LogP contribution < -0.4 is 20.8 Å². The first-order valence-electron chi connectivity index (χ1n) is 12.4. The van der Waals surface area contributed by atoms with Gasteiger partial charge >= 0.3 is 0 Å². The minimum Gasteiger partial charge on any atom is -0.485 e. The number of carbonyl (C=O) groups excluding carboxylic acids is 1. The lowest BCUT2D eigenvalue weighted by molar-refractivity contribution is -0.120. The first kappa shape index (κ1) is 27.2. The van der Waals surface area contributed by atoms with Crippen molar-refractivity contribution in [3.63, 3.8) is 0 Å². The number of ether oxygens (including phenoxy) is 2. The molecular formula is C28H40N2O4. The van der Waals surface area contributed by atoms with Crippen LogP contribution in [0.2, 0.25) is 0 Å². The summed E-state index contributed by atoms with van der Waals surface area (Å²) in [5.74, 6) is 0.202. The van der Waals surface area contributed by atoms with Gasteiger partial charge in [-0.1, -0.05) is 56.3 Å². The van der Waals surface area contributed by atoms with E-state index in [4.69, 9.17) is 15.2 Å². The van der Waals surface area contributed by atoms with Gasteiger partial charge in [-0.2, -0.15) is 0 Å². The maximum Gasteiger partial charge on any atom is 0.298 e. The van der Waals surface area contributed by atoms with E-state index in [-0.39, 0.29) is 30.1 Å². The van der Waals surface area contributed by atoms with Crippen LogP contribution in [0.5, 0.6) is 11.5 Å². The molecule has 0 saturated heterocycles. The zero-order valence-electron chi connectivity index (χ0n) is 21.2. The first-order valence-corrected chi connectivity index (χ1v) is 12.4. The van der Waals surface area contributed by atoms with Crippen molar-refractivity contribution in [3.05, 3.63) is 51.9 Å². The highest BCUT2D eigenvalue weighted by Gasteiger charge is 2.20. The molecule has 0 aliphatic heterocycles. The van der Waals surface area contributed by atoms with Gasteiger partial charge in [0.2, 0.25) is 5.75 Å². The third-order valence-corrected chi connectivity index (χ3v) is 5.85. The summed E-state index contributed by atoms with van der Waals surface area (Å²) in [5, 5.41) is 0.701. The van der Waals surface area contributed by atoms with E-state index in [9.17, 15) is 9.59 Å². The number of anilines is 1. The van der Waals surface area contributed by atoms with Gasteiger partial charge in [0, 0.05) is 17.6 Å². The SMILES string of the molecule is CCCCCCCCn1c(=O)c(OC=O)c(OC/C=C(\C)CCC=C(C)C)c2ccc(N)cc21. The minimum absolute atomic E-state index is 0.0751. The normalized spacial score (nSPS) is 11.5. The molecule has 0 saturated carbocycles. The van der Waals surface area contributed by atoms with Crippen LogP contribution in [0.15, 0.2) is 46.3 Å². The fourth-order valence-electron chi connectivity index (χ4n) is 3.94. The van der Waals surface area contributed by atoms with E-state index in [0.717, 1.165) is 32.1 Å². The third kappa shape index (κ3) is 8.08. The molecule has 6 nitrogen and oxygen atoms in total. The van der Waals surface area contributed by atoms with Gasteiger partial charge in [-0.15, -0.1) is 0 Å². The lowest BCUT2D eigenvalue weighted by atomic mass is 10.1. The number of nitrogens with zero attached hydrogens (tertiary/aromatic N) is 1. The topological polar surface area (TPSA) is 83.5 Å². The number of hydrogen-bond donors (Lipinski definition) is 1. The molecule has 0 radical (unpaired) electrons. The number of fused-ring (bicyclic) bond motifs is 1. The Morgan fingerprint density at radius 3 is 2.47 bits per heavy atom. The van der Waals surface area contributed by atoms with Gasteiger partial charge in [0.25, 0.3) is 12.0 Å². The molecule has 0 unspecified atom stereocenters. The molecule has 2 aromatic rings. The van der Waals surface area contributed by atoms with Crippen LogP contribution in [0, 0.1) is 0 Å². The van der Waals surface area contributed by atoms with Gasteiger partial charge < -0.3 is 19.8 Å². The highest BCUT2D eigenvalue weighted by atomic mass is 16.5. The molecule has 0 spiro atoms. The molecule has 0 amide bonds. The van der Waals surface area contributed by atoms with Crippen molar-refractivity contribution in [2.45, 2.75) is 85.6 Å². The van der Waals surface area contributed by atoms with Crippen LogP contribution in [-0.2, 0) is 11.3 Å². The summed E-state index contributed by atoms with van der Waals surface area (Å²) in [6, 6.07) is 5.37. The van der Waals surface area contributed by atoms with Gasteiger partial charge in [-0.3, -0.25) is 9.59 Å². The highest BCUT2D eigenvalue weighted by molar-refractivity contribution is 5.90. The Balaban J connectivity index is 2.32. The van der Waals surface area contributed by atoms with Crippen LogP contribution in [0.1, 0.15) is 79.1 Å². The molecule has 2 N–H and O–H groups in total. The van der Waals surface area contributed by atoms with Crippen LogP contribution >= 0.6 is 0 Å². The van der Waals surface area contributed by atoms with E-state index in [0.29, 0.717) is 23.1 Å². The van der Waals surface area contributed by atoms with Crippen molar-refractivity contribution < 1.29 is 14.3 Å². The molecular weight excluding hydrogens is 428 g/mol. The maximum absolute atomic E-state index is 13.3. The number of aryl methyl sites for hydroxylation is 1. The monoisotopic (exact) mass is 468 g/mol. The Bertz CT molecular complexity index is 1060. The van der Waals surface area contributed by atoms with E-state index in [1.807, 2.05) is 12.1 Å². The van der Waals surface area contributed by atoms with Gasteiger partial charge in [-0.25, -0.2) is 0 Å². The second-order valence-electron chi connectivity index (χ2n) is 9.06. The quantitative estimate of drug-likeness (QED) is 0.139. The molecule has 2 rings (SSSR count). The number of carbonyl (C=O) groups is 1. The summed E-state index contributed by atoms with van der Waals surface area (Å²) < 4.78 is 12.8. The van der Waals surface area contributed by atoms with Crippen molar-refractivity contribution in [2.24, 2.45) is 0 Å². The lowest BCUT2D eigenvalue weighted by Gasteiger charge is -2.17. The van der Waals surface area contributed by atoms with Crippen molar-refractivity contribution in [1.82, 2.24) is 4.57 Å². The molecule has 186 valence electrons. The molecule has 0 atom stereocenters. The summed E-state index contributed by atoms with van der Waals surface area (Å²) in [6.45, 7) is 9.51. The van der Waals surface area contributed by atoms with E-state index in [2.05, 4.69) is 33.8 Å². The Hall–Kier alpha value is -3.02. The largest absolute Gasteiger partial charge is 0.485 e. The van der Waals surface area contributed by atoms with Crippen LogP contribution in [0.4, 0.5) is 5.69 Å². The Labute approximate surface area is 203 Å². The molecule has 34 heavy (non-hydrogen) atoms. The van der Waals surface area contributed by atoms with Gasteiger partial charge in [0.15, 0.2) is 5.75 Å². The molecule has 1 aromatic carbocycles. The second-order valence-corrected chi connectivity index (χ2v) is 9.06. The van der Waals surface area contributed by atoms with Gasteiger partial charge in [-0.05, 0) is 64.3 Å². The summed E-state index contributed by atoms with van der Waals surface area (Å²) >= 11 is 0. The summed E-state index contributed by atoms with van der Waals surface area (Å²) in [5.41, 5.74) is 9.42. The van der Waals surface area contributed by atoms with Crippen molar-refractivity contribution in [3.8, 4) is 11.5 Å². The standard InChI is InChI=1S/C28H40N2O4/c1-5-6-7-8-9-10-17-30-25-19-23(29)14-15-24(25)26(27(28(30)32)34-20-31)33-18-16-22(4)13-11-12-21(2)3/h12,14-16,19-20H,5-11,13,17-18,29H2,1-4H3/b22-16+. The molecule has 1 aromatic heterocycles. The van der Waals surface area contributed by atoms with E-state index < -0.39 is 0 Å². The number of unbranched alkanes of at least 4 members (excludes halogenated alkanes) is 5. The molecule has 0 aliphatic carbocycles. The molecule has 0 aliphatic rings. The molecule has 0 fully saturated rings. The van der Waals surface area contributed by atoms with Gasteiger partial charge in [0.1, 0.15) is 6.61 Å². The minimum atomic E-state index is -0.377. The fraction of sp³-hybridized carbons (Fsp3) is 0.500. The van der Waals surface area contributed by atoms with Gasteiger partial charge in [0.05, 0.1) is 5.52 Å². The Kier molecular flexibility index (Phi) is 11.4. The average Bonchev–Trinajstić information content (AvgIpc) is 2.79. The Morgan fingerprint density at radius 1 is 1.03 bits per heavy atom. The average molecular weight is 469 g/mol. The second kappa shape index (κ2) is 14.3. The van der Waals surface area contributed by atoms with Crippen LogP contribution in [-0.4, -0.2) is 17.6 Å². The maximum atomic E-state index is 13.3. The number of benzene rings is 1. The van der Waals surface area contributed by atoms with E-state index >= 15 is 0 Å². The number of rotatable bonds is 15. The van der Waals surface area contributed by atoms with E-state index in [1.165, 1.54) is 30.4 Å². The van der Waals surface area contributed by atoms with E-state index in [1.54, 1.807) is 16.7 Å². The highest BCUT2D eigenvalue weighted by Crippen LogP contribution is 2.34. The Morgan fingerprint density at radius 2 is 1.76 bits per heavy atom. The number of hydrogen-bond acceptors (Lipinski definition) is 5. The predicted octanol–water partition coefficient (Wildman–Crippen LogP) is 6.55. The van der Waals surface area contributed by atoms with Crippen molar-refractivity contribution >= 4 is 23.1 Å². The molecule has 1 heterocycles. The number of aromatic nitrogens is 1. The predicted molar refractivity (Wildman–Crippen MR) is 141 cm³/mol. The third-order valence-electron chi connectivity index (χ3n) is 5.85. The van der Waals surface area contributed by atoms with Crippen molar-refractivity contribution in [1.29, 1.82) is 0 Å². The number of pyridine rings is 1. The number of allylic oxidation sites excluding steroid dienone is 3. The zero-order chi connectivity index (χ0) is 24.9. The van der Waals surface area contributed by atoms with Crippen LogP contribution in [0.3, 0.4) is 0 Å². The van der Waals surface area contributed by atoms with Crippen molar-refractivity contribution in [2.75, 3.05) is 12.3 Å². The number of nitrogen functional groups attached to an aromatic ring is 1. The fourth-order valence-corrected chi connectivity index (χ4v) is 3.94. The molecule has 6 heteroatoms. The molecule has 0 bridgehead atoms. The lowest BCUT2D eigenvalue weighted by Crippen LogP contribution is -2.24. The summed E-state index contributed by atoms with van der Waals surface area (Å²) in [6.07, 6.45) is 12.8. The zero-order valence-corrected chi connectivity index (χ0v) is 21.2. The summed E-state index contributed by atoms with van der Waals surface area (Å²) in [7, 11) is 0. The summed E-state index contributed by atoms with van der Waals surface area (Å²) in [4.78, 5) is 24.5. The number of nitrogens with two attached hydrogens (primary N) is 1. The smallest absolute Gasteiger partial charge is 0.298 e. The first-order chi connectivity index (χ1) is 16.4. The van der Waals surface area contributed by atoms with Crippen LogP contribution in [0.25, 0.3) is 10.9 Å².